The molecule has 216 valence electrons. The van der Waals surface area contributed by atoms with Crippen molar-refractivity contribution in [1.29, 1.82) is 5.26 Å². The predicted molar refractivity (Wildman–Crippen MR) is 165 cm³/mol. The maximum Gasteiger partial charge on any atom is 0.264 e. The molecule has 3 heterocycles. The number of para-hydroxylation sites is 1. The number of hydrogen-bond donors (Lipinski definition) is 1. The van der Waals surface area contributed by atoms with Crippen LogP contribution in [0.25, 0.3) is 22.2 Å². The quantitative estimate of drug-likeness (QED) is 0.220. The molecule has 0 bridgehead atoms. The third kappa shape index (κ3) is 5.58. The zero-order chi connectivity index (χ0) is 30.0. The van der Waals surface area contributed by atoms with E-state index in [-0.39, 0.29) is 17.5 Å². The van der Waals surface area contributed by atoms with Gasteiger partial charge in [0.05, 0.1) is 11.4 Å². The molecular formula is C33H37N7O2. The van der Waals surface area contributed by atoms with Gasteiger partial charge in [0.1, 0.15) is 40.9 Å². The van der Waals surface area contributed by atoms with Crippen LogP contribution in [-0.2, 0) is 11.3 Å². The first-order valence-corrected chi connectivity index (χ1v) is 14.1. The normalized spacial score (nSPS) is 15.8. The number of rotatable bonds is 8. The topological polar surface area (TPSA) is 113 Å². The van der Waals surface area contributed by atoms with E-state index in [4.69, 9.17) is 10.5 Å². The molecule has 1 aliphatic rings. The van der Waals surface area contributed by atoms with E-state index >= 15 is 0 Å². The Bertz CT molecular complexity index is 1660. The molecule has 42 heavy (non-hydrogen) atoms. The van der Waals surface area contributed by atoms with Crippen molar-refractivity contribution in [3.63, 3.8) is 0 Å². The molecule has 4 aromatic rings. The fourth-order valence-electron chi connectivity index (χ4n) is 5.48. The Labute approximate surface area is 246 Å². The van der Waals surface area contributed by atoms with Crippen molar-refractivity contribution in [2.24, 2.45) is 0 Å². The van der Waals surface area contributed by atoms with Crippen molar-refractivity contribution in [2.75, 3.05) is 26.4 Å². The fourth-order valence-corrected chi connectivity index (χ4v) is 5.48. The molecular weight excluding hydrogens is 526 g/mol. The van der Waals surface area contributed by atoms with E-state index in [0.29, 0.717) is 18.9 Å². The number of carbonyl (C=O) groups is 1. The third-order valence-corrected chi connectivity index (χ3v) is 8.28. The average Bonchev–Trinajstić information content (AvgIpc) is 3.55. The lowest BCUT2D eigenvalue weighted by molar-refractivity contribution is -0.127. The Morgan fingerprint density at radius 3 is 2.50 bits per heavy atom. The van der Waals surface area contributed by atoms with E-state index in [1.54, 1.807) is 6.08 Å². The SMILES string of the molecule is Cc1c(-c2ccc(Oc3ccccc3)cc2)c2c(N)ncnc2n1CC1CCCN1C(=O)C(C#N)=CC(C)(C)N(C)C. The molecule has 9 nitrogen and oxygen atoms in total. The minimum Gasteiger partial charge on any atom is -0.457 e. The molecule has 0 saturated carbocycles. The summed E-state index contributed by atoms with van der Waals surface area (Å²) < 4.78 is 8.12. The molecule has 9 heteroatoms. The first-order chi connectivity index (χ1) is 20.1. The number of likely N-dealkylation sites (tertiary alicyclic amines) is 1. The Balaban J connectivity index is 1.47. The van der Waals surface area contributed by atoms with Gasteiger partial charge in [-0.2, -0.15) is 5.26 Å². The molecule has 0 radical (unpaired) electrons. The molecule has 2 aromatic carbocycles. The molecule has 0 spiro atoms. The van der Waals surface area contributed by atoms with Gasteiger partial charge in [0.2, 0.25) is 0 Å². The highest BCUT2D eigenvalue weighted by atomic mass is 16.5. The van der Waals surface area contributed by atoms with Crippen LogP contribution in [0.4, 0.5) is 5.82 Å². The van der Waals surface area contributed by atoms with Crippen LogP contribution in [0.3, 0.4) is 0 Å². The first-order valence-electron chi connectivity index (χ1n) is 14.1. The van der Waals surface area contributed by atoms with Gasteiger partial charge in [0, 0.05) is 29.9 Å². The lowest BCUT2D eigenvalue weighted by atomic mass is 9.99. The first kappa shape index (κ1) is 28.8. The van der Waals surface area contributed by atoms with Crippen molar-refractivity contribution < 1.29 is 9.53 Å². The van der Waals surface area contributed by atoms with Crippen LogP contribution in [0.5, 0.6) is 11.5 Å². The van der Waals surface area contributed by atoms with Crippen molar-refractivity contribution in [1.82, 2.24) is 24.3 Å². The maximum absolute atomic E-state index is 13.6. The van der Waals surface area contributed by atoms with Crippen LogP contribution in [-0.4, -0.2) is 62.5 Å². The summed E-state index contributed by atoms with van der Waals surface area (Å²) >= 11 is 0. The van der Waals surface area contributed by atoms with Gasteiger partial charge in [-0.3, -0.25) is 4.79 Å². The number of benzene rings is 2. The van der Waals surface area contributed by atoms with Gasteiger partial charge in [-0.05, 0) is 83.6 Å². The van der Waals surface area contributed by atoms with Crippen molar-refractivity contribution in [3.8, 4) is 28.7 Å². The van der Waals surface area contributed by atoms with Crippen molar-refractivity contribution in [3.05, 3.63) is 78.3 Å². The van der Waals surface area contributed by atoms with Crippen LogP contribution in [0.15, 0.2) is 72.6 Å². The number of carbonyl (C=O) groups excluding carboxylic acids is 1. The van der Waals surface area contributed by atoms with Gasteiger partial charge in [-0.1, -0.05) is 30.3 Å². The van der Waals surface area contributed by atoms with Gasteiger partial charge in [0.25, 0.3) is 5.91 Å². The Hall–Kier alpha value is -4.68. The summed E-state index contributed by atoms with van der Waals surface area (Å²) in [5, 5.41) is 10.7. The molecule has 1 saturated heterocycles. The predicted octanol–water partition coefficient (Wildman–Crippen LogP) is 5.56. The lowest BCUT2D eigenvalue weighted by Crippen LogP contribution is -2.41. The Morgan fingerprint density at radius 1 is 1.14 bits per heavy atom. The largest absolute Gasteiger partial charge is 0.457 e. The highest BCUT2D eigenvalue weighted by Crippen LogP contribution is 2.38. The summed E-state index contributed by atoms with van der Waals surface area (Å²) in [5.41, 5.74) is 9.80. The van der Waals surface area contributed by atoms with E-state index in [1.807, 2.05) is 99.3 Å². The van der Waals surface area contributed by atoms with Crippen LogP contribution in [0.2, 0.25) is 0 Å². The number of nitriles is 1. The van der Waals surface area contributed by atoms with Gasteiger partial charge >= 0.3 is 0 Å². The summed E-state index contributed by atoms with van der Waals surface area (Å²) in [5.74, 6) is 1.68. The van der Waals surface area contributed by atoms with Crippen LogP contribution in [0.1, 0.15) is 32.4 Å². The molecule has 1 amide bonds. The summed E-state index contributed by atoms with van der Waals surface area (Å²) in [6.45, 7) is 7.17. The molecule has 1 fully saturated rings. The molecule has 2 aromatic heterocycles. The van der Waals surface area contributed by atoms with Gasteiger partial charge < -0.3 is 24.8 Å². The minimum atomic E-state index is -0.436. The molecule has 2 N–H and O–H groups in total. The second-order valence-electron chi connectivity index (χ2n) is 11.5. The number of nitrogens with zero attached hydrogens (tertiary/aromatic N) is 6. The van der Waals surface area contributed by atoms with Crippen molar-refractivity contribution >= 4 is 22.8 Å². The number of hydrogen-bond acceptors (Lipinski definition) is 7. The number of amides is 1. The molecule has 1 unspecified atom stereocenters. The zero-order valence-electron chi connectivity index (χ0n) is 24.8. The van der Waals surface area contributed by atoms with Crippen LogP contribution >= 0.6 is 0 Å². The fraction of sp³-hybridized carbons (Fsp3) is 0.333. The average molecular weight is 564 g/mol. The summed E-state index contributed by atoms with van der Waals surface area (Å²) in [6.07, 6.45) is 4.95. The second-order valence-corrected chi connectivity index (χ2v) is 11.5. The van der Waals surface area contributed by atoms with Gasteiger partial charge in [0.15, 0.2) is 0 Å². The maximum atomic E-state index is 13.6. The number of ether oxygens (including phenoxy) is 1. The van der Waals surface area contributed by atoms with E-state index in [2.05, 4.69) is 20.6 Å². The van der Waals surface area contributed by atoms with Gasteiger partial charge in [-0.15, -0.1) is 0 Å². The molecule has 0 aliphatic carbocycles. The van der Waals surface area contributed by atoms with E-state index < -0.39 is 5.54 Å². The minimum absolute atomic E-state index is 0.0864. The smallest absolute Gasteiger partial charge is 0.264 e. The third-order valence-electron chi connectivity index (χ3n) is 8.28. The second kappa shape index (κ2) is 11.7. The number of fused-ring (bicyclic) bond motifs is 1. The van der Waals surface area contributed by atoms with Crippen molar-refractivity contribution in [2.45, 2.75) is 51.7 Å². The monoisotopic (exact) mass is 563 g/mol. The number of anilines is 1. The lowest BCUT2D eigenvalue weighted by Gasteiger charge is -2.30. The van der Waals surface area contributed by atoms with E-state index in [9.17, 15) is 10.1 Å². The Morgan fingerprint density at radius 2 is 1.83 bits per heavy atom. The number of nitrogens with two attached hydrogens (primary N) is 1. The van der Waals surface area contributed by atoms with Gasteiger partial charge in [-0.25, -0.2) is 9.97 Å². The highest BCUT2D eigenvalue weighted by molar-refractivity contribution is 6.02. The zero-order valence-corrected chi connectivity index (χ0v) is 24.8. The Kier molecular flexibility index (Phi) is 8.01. The molecule has 1 aliphatic heterocycles. The van der Waals surface area contributed by atoms with Crippen LogP contribution < -0.4 is 10.5 Å². The molecule has 5 rings (SSSR count). The summed E-state index contributed by atoms with van der Waals surface area (Å²) in [7, 11) is 3.87. The summed E-state index contributed by atoms with van der Waals surface area (Å²) in [6, 6.07) is 19.6. The number of aromatic nitrogens is 3. The number of likely N-dealkylation sites (N-methyl/N-ethyl adjacent to an activating group) is 1. The summed E-state index contributed by atoms with van der Waals surface area (Å²) in [4.78, 5) is 26.4. The molecule has 1 atom stereocenters. The number of nitrogen functional groups attached to an aromatic ring is 1. The van der Waals surface area contributed by atoms with E-state index in [1.165, 1.54) is 6.33 Å². The van der Waals surface area contributed by atoms with Crippen LogP contribution in [0, 0.1) is 18.3 Å². The standard InChI is InChI=1S/C33H37N7O2/c1-22-28(23-13-15-27(16-14-23)42-26-11-7-6-8-12-26)29-30(35)36-21-37-31(29)40(22)20-25-10-9-17-39(25)32(41)24(19-34)18-33(2,3)38(4)5/h6-8,11-16,18,21,25H,9-10,17,20H2,1-5H3,(H2,35,36,37). The van der Waals surface area contributed by atoms with E-state index in [0.717, 1.165) is 52.2 Å². The highest BCUT2D eigenvalue weighted by Gasteiger charge is 2.33.